The van der Waals surface area contributed by atoms with Crippen LogP contribution in [0, 0.1) is 0 Å². The average molecular weight is 382 g/mol. The first kappa shape index (κ1) is 21.0. The fraction of sp³-hybridized carbons (Fsp3) is 0.286. The summed E-state index contributed by atoms with van der Waals surface area (Å²) in [6.07, 6.45) is 0.877. The third-order valence-electron chi connectivity index (χ3n) is 3.90. The Labute approximate surface area is 164 Å². The van der Waals surface area contributed by atoms with Gasteiger partial charge < -0.3 is 21.3 Å². The molecule has 2 rings (SSSR count). The number of hydrogen-bond donors (Lipinski definition) is 4. The molecule has 7 nitrogen and oxygen atoms in total. The van der Waals surface area contributed by atoms with E-state index in [1.54, 1.807) is 48.5 Å². The number of carbonyl (C=O) groups is 3. The molecule has 0 aliphatic heterocycles. The van der Waals surface area contributed by atoms with Crippen LogP contribution in [-0.2, 0) is 4.79 Å². The first-order valence-corrected chi connectivity index (χ1v) is 9.33. The fourth-order valence-corrected chi connectivity index (χ4v) is 2.44. The van der Waals surface area contributed by atoms with Crippen LogP contribution in [0.5, 0.6) is 0 Å². The minimum Gasteiger partial charge on any atom is -0.376 e. The van der Waals surface area contributed by atoms with Gasteiger partial charge >= 0.3 is 0 Å². The van der Waals surface area contributed by atoms with Gasteiger partial charge in [0, 0.05) is 35.6 Å². The zero-order valence-electron chi connectivity index (χ0n) is 16.2. The van der Waals surface area contributed by atoms with Crippen LogP contribution in [0.3, 0.4) is 0 Å². The second kappa shape index (κ2) is 10.7. The van der Waals surface area contributed by atoms with Crippen LogP contribution in [0.4, 0.5) is 11.4 Å². The normalized spacial score (nSPS) is 10.1. The van der Waals surface area contributed by atoms with Crippen LogP contribution in [0.15, 0.2) is 48.5 Å². The number of nitrogens with one attached hydrogen (secondary N) is 4. The van der Waals surface area contributed by atoms with E-state index in [0.29, 0.717) is 29.9 Å². The van der Waals surface area contributed by atoms with Crippen LogP contribution in [0.25, 0.3) is 0 Å². The lowest BCUT2D eigenvalue weighted by atomic mass is 10.2. The highest BCUT2D eigenvalue weighted by atomic mass is 16.2. The highest BCUT2D eigenvalue weighted by Crippen LogP contribution is 2.11. The second-order valence-electron chi connectivity index (χ2n) is 6.17. The Kier molecular flexibility index (Phi) is 8.02. The van der Waals surface area contributed by atoms with Crippen molar-refractivity contribution in [1.29, 1.82) is 0 Å². The van der Waals surface area contributed by atoms with Gasteiger partial charge in [0.25, 0.3) is 11.8 Å². The molecule has 0 heterocycles. The first-order chi connectivity index (χ1) is 13.5. The minimum atomic E-state index is -0.212. The van der Waals surface area contributed by atoms with Crippen molar-refractivity contribution < 1.29 is 14.4 Å². The zero-order chi connectivity index (χ0) is 20.4. The molecule has 0 radical (unpaired) electrons. The van der Waals surface area contributed by atoms with Crippen LogP contribution in [0.2, 0.25) is 0 Å². The summed E-state index contributed by atoms with van der Waals surface area (Å²) in [6.45, 7) is 5.14. The molecule has 0 spiro atoms. The third kappa shape index (κ3) is 6.42. The van der Waals surface area contributed by atoms with Gasteiger partial charge in [0.1, 0.15) is 0 Å². The summed E-state index contributed by atoms with van der Waals surface area (Å²) < 4.78 is 0. The molecule has 28 heavy (non-hydrogen) atoms. The van der Waals surface area contributed by atoms with E-state index in [1.165, 1.54) is 0 Å². The molecule has 0 aromatic heterocycles. The fourth-order valence-electron chi connectivity index (χ4n) is 2.44. The Morgan fingerprint density at radius 3 is 1.82 bits per heavy atom. The minimum absolute atomic E-state index is 0.0826. The summed E-state index contributed by atoms with van der Waals surface area (Å²) >= 11 is 0. The molecule has 0 aliphatic rings. The van der Waals surface area contributed by atoms with Gasteiger partial charge in [0.05, 0.1) is 6.54 Å². The topological polar surface area (TPSA) is 99.3 Å². The van der Waals surface area contributed by atoms with Gasteiger partial charge in [0.15, 0.2) is 0 Å². The van der Waals surface area contributed by atoms with E-state index in [4.69, 9.17) is 0 Å². The van der Waals surface area contributed by atoms with E-state index in [1.807, 2.05) is 13.8 Å². The summed E-state index contributed by atoms with van der Waals surface area (Å²) in [7, 11) is 0. The van der Waals surface area contributed by atoms with Crippen molar-refractivity contribution >= 4 is 29.1 Å². The van der Waals surface area contributed by atoms with Gasteiger partial charge in [-0.3, -0.25) is 14.4 Å². The van der Waals surface area contributed by atoms with Gasteiger partial charge in [-0.25, -0.2) is 0 Å². The Hall–Kier alpha value is -3.35. The lowest BCUT2D eigenvalue weighted by molar-refractivity contribution is -0.114. The molecule has 0 atom stereocenters. The smallest absolute Gasteiger partial charge is 0.251 e. The molecular formula is C21H26N4O3. The molecule has 0 aliphatic carbocycles. The van der Waals surface area contributed by atoms with Gasteiger partial charge in [-0.15, -0.1) is 0 Å². The van der Waals surface area contributed by atoms with Crippen molar-refractivity contribution in [2.24, 2.45) is 0 Å². The Bertz CT molecular complexity index is 801. The maximum Gasteiger partial charge on any atom is 0.251 e. The quantitative estimate of drug-likeness (QED) is 0.536. The Morgan fingerprint density at radius 2 is 1.29 bits per heavy atom. The molecule has 0 unspecified atom stereocenters. The molecular weight excluding hydrogens is 356 g/mol. The van der Waals surface area contributed by atoms with Gasteiger partial charge in [-0.05, 0) is 61.9 Å². The van der Waals surface area contributed by atoms with Crippen LogP contribution in [-0.4, -0.2) is 37.4 Å². The molecule has 0 saturated heterocycles. The Balaban J connectivity index is 1.82. The summed E-state index contributed by atoms with van der Waals surface area (Å²) in [5, 5.41) is 11.3. The van der Waals surface area contributed by atoms with Crippen LogP contribution in [0.1, 0.15) is 41.0 Å². The third-order valence-corrected chi connectivity index (χ3v) is 3.90. The van der Waals surface area contributed by atoms with E-state index in [2.05, 4.69) is 21.3 Å². The van der Waals surface area contributed by atoms with E-state index in [0.717, 1.165) is 12.1 Å². The summed E-state index contributed by atoms with van der Waals surface area (Å²) in [5.74, 6) is -0.466. The highest BCUT2D eigenvalue weighted by Gasteiger charge is 2.07. The number of hydrogen-bond acceptors (Lipinski definition) is 4. The molecule has 2 aromatic carbocycles. The summed E-state index contributed by atoms with van der Waals surface area (Å²) in [6, 6.07) is 13.6. The van der Waals surface area contributed by atoms with Crippen LogP contribution < -0.4 is 21.3 Å². The number of benzene rings is 2. The highest BCUT2D eigenvalue weighted by molar-refractivity contribution is 5.97. The summed E-state index contributed by atoms with van der Waals surface area (Å²) in [5.41, 5.74) is 2.48. The monoisotopic (exact) mass is 382 g/mol. The molecule has 7 heteroatoms. The van der Waals surface area contributed by atoms with Crippen molar-refractivity contribution in [3.05, 3.63) is 59.7 Å². The van der Waals surface area contributed by atoms with Crippen molar-refractivity contribution in [2.75, 3.05) is 30.3 Å². The number of anilines is 2. The van der Waals surface area contributed by atoms with Crippen LogP contribution >= 0.6 is 0 Å². The number of carbonyl (C=O) groups excluding carboxylic acids is 3. The Morgan fingerprint density at radius 1 is 0.750 bits per heavy atom. The average Bonchev–Trinajstić information content (AvgIpc) is 2.71. The second-order valence-corrected chi connectivity index (χ2v) is 6.17. The van der Waals surface area contributed by atoms with E-state index in [9.17, 15) is 14.4 Å². The standard InChI is InChI=1S/C21H26N4O3/c1-3-13-23-21(28)16-7-11-18(12-8-16)25-19(26)14-24-17-9-5-15(6-10-17)20(27)22-4-2/h5-12,24H,3-4,13-14H2,1-2H3,(H,22,27)(H,23,28)(H,25,26). The zero-order valence-corrected chi connectivity index (χ0v) is 16.2. The molecule has 0 bridgehead atoms. The van der Waals surface area contributed by atoms with Gasteiger partial charge in [0.2, 0.25) is 5.91 Å². The lowest BCUT2D eigenvalue weighted by Crippen LogP contribution is -2.24. The van der Waals surface area contributed by atoms with Crippen molar-refractivity contribution in [3.63, 3.8) is 0 Å². The summed E-state index contributed by atoms with van der Waals surface area (Å²) in [4.78, 5) is 35.7. The number of amides is 3. The van der Waals surface area contributed by atoms with E-state index >= 15 is 0 Å². The molecule has 0 fully saturated rings. The molecule has 148 valence electrons. The SMILES string of the molecule is CCCNC(=O)c1ccc(NC(=O)CNc2ccc(C(=O)NCC)cc2)cc1. The lowest BCUT2D eigenvalue weighted by Gasteiger charge is -2.09. The van der Waals surface area contributed by atoms with Gasteiger partial charge in [-0.1, -0.05) is 6.92 Å². The van der Waals surface area contributed by atoms with Gasteiger partial charge in [-0.2, -0.15) is 0 Å². The van der Waals surface area contributed by atoms with Crippen molar-refractivity contribution in [2.45, 2.75) is 20.3 Å². The predicted octanol–water partition coefficient (Wildman–Crippen LogP) is 2.63. The maximum absolute atomic E-state index is 12.1. The predicted molar refractivity (Wildman–Crippen MR) is 111 cm³/mol. The van der Waals surface area contributed by atoms with E-state index in [-0.39, 0.29) is 24.3 Å². The first-order valence-electron chi connectivity index (χ1n) is 9.33. The maximum atomic E-state index is 12.1. The molecule has 2 aromatic rings. The van der Waals surface area contributed by atoms with E-state index < -0.39 is 0 Å². The largest absolute Gasteiger partial charge is 0.376 e. The molecule has 0 saturated carbocycles. The van der Waals surface area contributed by atoms with Crippen molar-refractivity contribution in [3.8, 4) is 0 Å². The molecule has 3 amide bonds. The molecule has 4 N–H and O–H groups in total. The van der Waals surface area contributed by atoms with Crippen molar-refractivity contribution in [1.82, 2.24) is 10.6 Å². The number of rotatable bonds is 9.